The Bertz CT molecular complexity index is 264. The highest BCUT2D eigenvalue weighted by Crippen LogP contribution is 2.19. The zero-order valence-electron chi connectivity index (χ0n) is 9.31. The van der Waals surface area contributed by atoms with Gasteiger partial charge in [0, 0.05) is 24.1 Å². The number of aliphatic hydroxyl groups excluding tert-OH is 1. The molecule has 0 aliphatic rings. The minimum Gasteiger partial charge on any atom is -0.396 e. The molecule has 0 saturated carbocycles. The first-order valence-electron chi connectivity index (χ1n) is 5.29. The van der Waals surface area contributed by atoms with E-state index < -0.39 is 0 Å². The fourth-order valence-electron chi connectivity index (χ4n) is 1.40. The van der Waals surface area contributed by atoms with Gasteiger partial charge in [-0.3, -0.25) is 0 Å². The molecule has 86 valence electrons. The lowest BCUT2D eigenvalue weighted by atomic mass is 10.0. The molecule has 4 N–H and O–H groups in total. The topological polar surface area (TPSA) is 58.3 Å². The van der Waals surface area contributed by atoms with E-state index in [9.17, 15) is 0 Å². The van der Waals surface area contributed by atoms with Crippen molar-refractivity contribution in [3.63, 3.8) is 0 Å². The third-order valence-corrected chi connectivity index (χ3v) is 3.71. The van der Waals surface area contributed by atoms with Crippen LogP contribution in [0.1, 0.15) is 24.8 Å². The summed E-state index contributed by atoms with van der Waals surface area (Å²) in [5.41, 5.74) is 5.74. The smallest absolute Gasteiger partial charge is 0.0541 e. The maximum atomic E-state index is 9.05. The summed E-state index contributed by atoms with van der Waals surface area (Å²) in [6.45, 7) is 4.90. The van der Waals surface area contributed by atoms with E-state index in [1.165, 1.54) is 4.88 Å². The van der Waals surface area contributed by atoms with Crippen molar-refractivity contribution < 1.29 is 5.11 Å². The van der Waals surface area contributed by atoms with Crippen molar-refractivity contribution in [2.75, 3.05) is 13.2 Å². The van der Waals surface area contributed by atoms with Crippen molar-refractivity contribution in [1.29, 1.82) is 0 Å². The second-order valence-corrected chi connectivity index (χ2v) is 4.90. The molecule has 3 nitrogen and oxygen atoms in total. The van der Waals surface area contributed by atoms with Gasteiger partial charge in [-0.05, 0) is 24.3 Å². The average molecular weight is 228 g/mol. The Hall–Kier alpha value is -0.420. The van der Waals surface area contributed by atoms with Gasteiger partial charge in [0.1, 0.15) is 0 Å². The van der Waals surface area contributed by atoms with Crippen LogP contribution < -0.4 is 11.1 Å². The van der Waals surface area contributed by atoms with Crippen molar-refractivity contribution in [1.82, 2.24) is 5.32 Å². The average Bonchev–Trinajstić information content (AvgIpc) is 2.77. The third kappa shape index (κ3) is 3.57. The minimum atomic E-state index is 0.203. The van der Waals surface area contributed by atoms with Gasteiger partial charge in [0.25, 0.3) is 0 Å². The van der Waals surface area contributed by atoms with E-state index in [0.29, 0.717) is 6.54 Å². The molecule has 0 saturated heterocycles. The van der Waals surface area contributed by atoms with Crippen molar-refractivity contribution in [3.05, 3.63) is 22.4 Å². The summed E-state index contributed by atoms with van der Waals surface area (Å²) in [6, 6.07) is 4.59. The van der Waals surface area contributed by atoms with Gasteiger partial charge in [0.2, 0.25) is 0 Å². The Labute approximate surface area is 95.3 Å². The van der Waals surface area contributed by atoms with Crippen LogP contribution >= 0.6 is 11.3 Å². The summed E-state index contributed by atoms with van der Waals surface area (Å²) < 4.78 is 0. The molecule has 1 rings (SSSR count). The van der Waals surface area contributed by atoms with Crippen LogP contribution in [-0.4, -0.2) is 24.3 Å². The summed E-state index contributed by atoms with van der Waals surface area (Å²) >= 11 is 1.71. The first-order chi connectivity index (χ1) is 7.19. The molecule has 3 unspecified atom stereocenters. The van der Waals surface area contributed by atoms with Crippen LogP contribution in [0.25, 0.3) is 0 Å². The molecule has 0 bridgehead atoms. The van der Waals surface area contributed by atoms with Gasteiger partial charge in [0.05, 0.1) is 6.04 Å². The molecule has 0 radical (unpaired) electrons. The lowest BCUT2D eigenvalue weighted by Gasteiger charge is -2.25. The van der Waals surface area contributed by atoms with E-state index in [1.807, 2.05) is 13.0 Å². The highest BCUT2D eigenvalue weighted by Gasteiger charge is 2.17. The molecular formula is C11H20N2OS. The minimum absolute atomic E-state index is 0.203. The first kappa shape index (κ1) is 12.6. The summed E-state index contributed by atoms with van der Waals surface area (Å²) in [5, 5.41) is 14.6. The summed E-state index contributed by atoms with van der Waals surface area (Å²) in [4.78, 5) is 1.26. The lowest BCUT2D eigenvalue weighted by Crippen LogP contribution is -2.39. The Morgan fingerprint density at radius 3 is 2.73 bits per heavy atom. The van der Waals surface area contributed by atoms with E-state index in [2.05, 4.69) is 23.7 Å². The molecule has 0 aromatic carbocycles. The Kier molecular flexibility index (Phi) is 5.25. The number of nitrogens with one attached hydrogen (secondary N) is 1. The van der Waals surface area contributed by atoms with Gasteiger partial charge in [-0.2, -0.15) is 0 Å². The largest absolute Gasteiger partial charge is 0.396 e. The summed E-state index contributed by atoms with van der Waals surface area (Å²) in [6.07, 6.45) is 0. The molecule has 15 heavy (non-hydrogen) atoms. The summed E-state index contributed by atoms with van der Waals surface area (Å²) in [5.74, 6) is 0.249. The van der Waals surface area contributed by atoms with Crippen molar-refractivity contribution in [3.8, 4) is 0 Å². The number of hydrogen-bond acceptors (Lipinski definition) is 4. The van der Waals surface area contributed by atoms with Crippen LogP contribution in [0.2, 0.25) is 0 Å². The number of rotatable bonds is 6. The van der Waals surface area contributed by atoms with Gasteiger partial charge in [0.15, 0.2) is 0 Å². The normalized spacial score (nSPS) is 17.3. The van der Waals surface area contributed by atoms with Crippen LogP contribution in [0.5, 0.6) is 0 Å². The molecule has 0 amide bonds. The van der Waals surface area contributed by atoms with Crippen LogP contribution in [0.15, 0.2) is 17.5 Å². The van der Waals surface area contributed by atoms with E-state index >= 15 is 0 Å². The molecule has 0 spiro atoms. The van der Waals surface area contributed by atoms with Crippen molar-refractivity contribution in [2.45, 2.75) is 25.9 Å². The van der Waals surface area contributed by atoms with E-state index in [1.54, 1.807) is 11.3 Å². The van der Waals surface area contributed by atoms with Crippen LogP contribution in [0.3, 0.4) is 0 Å². The molecule has 1 aromatic heterocycles. The van der Waals surface area contributed by atoms with Crippen molar-refractivity contribution in [2.24, 2.45) is 11.7 Å². The van der Waals surface area contributed by atoms with Gasteiger partial charge < -0.3 is 16.2 Å². The Morgan fingerprint density at radius 1 is 1.53 bits per heavy atom. The SMILES string of the molecule is CC(CO)C(C)NC(CN)c1cccs1. The highest BCUT2D eigenvalue weighted by atomic mass is 32.1. The van der Waals surface area contributed by atoms with E-state index in [-0.39, 0.29) is 24.6 Å². The monoisotopic (exact) mass is 228 g/mol. The lowest BCUT2D eigenvalue weighted by molar-refractivity contribution is 0.201. The molecular weight excluding hydrogens is 208 g/mol. The molecule has 1 aromatic rings. The number of nitrogens with two attached hydrogens (primary N) is 1. The Balaban J connectivity index is 2.54. The molecule has 0 fully saturated rings. The molecule has 1 heterocycles. The third-order valence-electron chi connectivity index (χ3n) is 2.73. The maximum absolute atomic E-state index is 9.05. The number of aliphatic hydroxyl groups is 1. The number of thiophene rings is 1. The van der Waals surface area contributed by atoms with Gasteiger partial charge >= 0.3 is 0 Å². The van der Waals surface area contributed by atoms with Crippen LogP contribution in [-0.2, 0) is 0 Å². The molecule has 0 aliphatic heterocycles. The fourth-order valence-corrected chi connectivity index (χ4v) is 2.20. The fraction of sp³-hybridized carbons (Fsp3) is 0.636. The van der Waals surface area contributed by atoms with Gasteiger partial charge in [-0.1, -0.05) is 13.0 Å². The maximum Gasteiger partial charge on any atom is 0.0541 e. The molecule has 0 aliphatic carbocycles. The highest BCUT2D eigenvalue weighted by molar-refractivity contribution is 7.10. The number of hydrogen-bond donors (Lipinski definition) is 3. The zero-order valence-corrected chi connectivity index (χ0v) is 10.1. The zero-order chi connectivity index (χ0) is 11.3. The van der Waals surface area contributed by atoms with E-state index in [0.717, 1.165) is 0 Å². The standard InChI is InChI=1S/C11H20N2OS/c1-8(7-14)9(2)13-10(6-12)11-4-3-5-15-11/h3-5,8-10,13-14H,6-7,12H2,1-2H3. The predicted molar refractivity (Wildman–Crippen MR) is 65.0 cm³/mol. The van der Waals surface area contributed by atoms with Crippen LogP contribution in [0, 0.1) is 5.92 Å². The van der Waals surface area contributed by atoms with Crippen molar-refractivity contribution >= 4 is 11.3 Å². The van der Waals surface area contributed by atoms with E-state index in [4.69, 9.17) is 10.8 Å². The van der Waals surface area contributed by atoms with Gasteiger partial charge in [-0.15, -0.1) is 11.3 Å². The first-order valence-corrected chi connectivity index (χ1v) is 6.17. The second kappa shape index (κ2) is 6.23. The van der Waals surface area contributed by atoms with Crippen LogP contribution in [0.4, 0.5) is 0 Å². The van der Waals surface area contributed by atoms with Gasteiger partial charge in [-0.25, -0.2) is 0 Å². The quantitative estimate of drug-likeness (QED) is 0.689. The second-order valence-electron chi connectivity index (χ2n) is 3.92. The predicted octanol–water partition coefficient (Wildman–Crippen LogP) is 1.35. The molecule has 3 atom stereocenters. The Morgan fingerprint density at radius 2 is 2.27 bits per heavy atom. The summed E-state index contributed by atoms with van der Waals surface area (Å²) in [7, 11) is 0. The molecule has 4 heteroatoms.